The van der Waals surface area contributed by atoms with Crippen molar-refractivity contribution in [2.24, 2.45) is 5.92 Å². The molecule has 0 radical (unpaired) electrons. The average molecular weight is 367 g/mol. The van der Waals surface area contributed by atoms with Gasteiger partial charge < -0.3 is 15.6 Å². The van der Waals surface area contributed by atoms with E-state index in [4.69, 9.17) is 15.7 Å². The fraction of sp³-hybridized carbons (Fsp3) is 0.533. The first-order valence-corrected chi connectivity index (χ1v) is 8.23. The largest absolute Gasteiger partial charge is 0.508 e. The number of nitrogens with zero attached hydrogens (tertiary/aromatic N) is 1. The highest BCUT2D eigenvalue weighted by Gasteiger charge is 2.45. The third-order valence-electron chi connectivity index (χ3n) is 4.33. The Hall–Kier alpha value is -1.33. The van der Waals surface area contributed by atoms with E-state index >= 15 is 0 Å². The van der Waals surface area contributed by atoms with Crippen molar-refractivity contribution in [1.29, 1.82) is 5.26 Å². The molecule has 22 heavy (non-hydrogen) atoms. The minimum absolute atomic E-state index is 0.0446. The maximum absolute atomic E-state index is 9.86. The van der Waals surface area contributed by atoms with E-state index in [-0.39, 0.29) is 29.0 Å². The molecule has 1 aromatic rings. The van der Waals surface area contributed by atoms with Crippen molar-refractivity contribution in [3.05, 3.63) is 23.8 Å². The number of rotatable bonds is 3. The van der Waals surface area contributed by atoms with E-state index in [1.54, 1.807) is 18.2 Å². The molecule has 2 fully saturated rings. The normalized spacial score (nSPS) is 34.1. The maximum atomic E-state index is 9.86. The van der Waals surface area contributed by atoms with Gasteiger partial charge in [-0.15, -0.1) is 0 Å². The third kappa shape index (κ3) is 3.06. The Labute approximate surface area is 137 Å². The number of alkyl halides is 1. The molecular formula is C15H19BrN4O2. The highest BCUT2D eigenvalue weighted by atomic mass is 79.9. The van der Waals surface area contributed by atoms with E-state index in [1.165, 1.54) is 0 Å². The van der Waals surface area contributed by atoms with Crippen LogP contribution < -0.4 is 16.4 Å². The molecule has 3 rings (SSSR count). The summed E-state index contributed by atoms with van der Waals surface area (Å²) in [6.45, 7) is 1.22. The van der Waals surface area contributed by atoms with Gasteiger partial charge in [0.1, 0.15) is 11.9 Å². The van der Waals surface area contributed by atoms with Crippen molar-refractivity contribution < 1.29 is 9.84 Å². The molecule has 0 aromatic heterocycles. The molecule has 2 heterocycles. The van der Waals surface area contributed by atoms with Crippen LogP contribution in [0.3, 0.4) is 0 Å². The molecule has 2 aliphatic heterocycles. The average Bonchev–Trinajstić information content (AvgIpc) is 2.94. The topological polar surface area (TPSA) is 103 Å². The fourth-order valence-electron chi connectivity index (χ4n) is 3.14. The van der Waals surface area contributed by atoms with Gasteiger partial charge in [-0.2, -0.15) is 5.26 Å². The van der Waals surface area contributed by atoms with Gasteiger partial charge in [0.25, 0.3) is 0 Å². The van der Waals surface area contributed by atoms with Gasteiger partial charge in [-0.1, -0.05) is 15.9 Å². The number of fused-ring (bicyclic) bond motifs is 1. The summed E-state index contributed by atoms with van der Waals surface area (Å²) in [5, 5.41) is 25.6. The Morgan fingerprint density at radius 1 is 1.55 bits per heavy atom. The van der Waals surface area contributed by atoms with Crippen molar-refractivity contribution >= 4 is 21.6 Å². The molecule has 118 valence electrons. The lowest BCUT2D eigenvalue weighted by Crippen LogP contribution is -2.58. The molecule has 2 aliphatic rings. The zero-order chi connectivity index (χ0) is 15.7. The van der Waals surface area contributed by atoms with E-state index in [2.05, 4.69) is 32.6 Å². The van der Waals surface area contributed by atoms with E-state index < -0.39 is 0 Å². The Bertz CT molecular complexity index is 591. The number of nitrogens with one attached hydrogen (secondary N) is 2. The highest BCUT2D eigenvalue weighted by molar-refractivity contribution is 9.09. The number of nitrogens with two attached hydrogens (primary N) is 1. The molecule has 5 unspecified atom stereocenters. The highest BCUT2D eigenvalue weighted by Crippen LogP contribution is 2.36. The number of hydrogen-bond donors (Lipinski definition) is 4. The van der Waals surface area contributed by atoms with Crippen LogP contribution in [0.2, 0.25) is 0 Å². The SMILES string of the molecule is N#CC1CC2C(CNC(NCc3cc(N)ccc3O)C2Br)O1. The third-order valence-corrected chi connectivity index (χ3v) is 5.54. The predicted octanol–water partition coefficient (Wildman–Crippen LogP) is 1.05. The molecule has 0 amide bonds. The number of nitriles is 1. The molecule has 6 nitrogen and oxygen atoms in total. The van der Waals surface area contributed by atoms with Crippen LogP contribution in [0, 0.1) is 17.2 Å². The van der Waals surface area contributed by atoms with Gasteiger partial charge in [-0.05, 0) is 24.6 Å². The molecule has 1 aromatic carbocycles. The van der Waals surface area contributed by atoms with Crippen LogP contribution in [0.15, 0.2) is 18.2 Å². The lowest BCUT2D eigenvalue weighted by Gasteiger charge is -2.37. The first-order chi connectivity index (χ1) is 10.6. The quantitative estimate of drug-likeness (QED) is 0.362. The zero-order valence-corrected chi connectivity index (χ0v) is 13.6. The molecule has 0 bridgehead atoms. The second kappa shape index (κ2) is 6.42. The Balaban J connectivity index is 1.62. The molecule has 7 heteroatoms. The molecule has 0 spiro atoms. The van der Waals surface area contributed by atoms with Crippen LogP contribution in [0.1, 0.15) is 12.0 Å². The van der Waals surface area contributed by atoms with Gasteiger partial charge in [0.05, 0.1) is 18.3 Å². The predicted molar refractivity (Wildman–Crippen MR) is 86.2 cm³/mol. The number of halogens is 1. The van der Waals surface area contributed by atoms with E-state index in [0.717, 1.165) is 12.0 Å². The number of hydrogen-bond acceptors (Lipinski definition) is 6. The molecule has 2 saturated heterocycles. The van der Waals surface area contributed by atoms with Crippen LogP contribution in [0.4, 0.5) is 5.69 Å². The number of piperidine rings is 1. The van der Waals surface area contributed by atoms with Gasteiger partial charge in [-0.3, -0.25) is 10.6 Å². The lowest BCUT2D eigenvalue weighted by atomic mass is 9.91. The van der Waals surface area contributed by atoms with Crippen LogP contribution in [-0.4, -0.2) is 34.9 Å². The van der Waals surface area contributed by atoms with Crippen molar-refractivity contribution in [3.8, 4) is 11.8 Å². The minimum atomic E-state index is -0.312. The van der Waals surface area contributed by atoms with Crippen molar-refractivity contribution in [2.75, 3.05) is 12.3 Å². The molecule has 0 saturated carbocycles. The summed E-state index contributed by atoms with van der Waals surface area (Å²) in [7, 11) is 0. The summed E-state index contributed by atoms with van der Waals surface area (Å²) in [6.07, 6.45) is 0.560. The number of phenols is 1. The first-order valence-electron chi connectivity index (χ1n) is 7.31. The number of benzene rings is 1. The Morgan fingerprint density at radius 3 is 3.14 bits per heavy atom. The summed E-state index contributed by atoms with van der Waals surface area (Å²) in [4.78, 5) is 0.160. The van der Waals surface area contributed by atoms with Crippen molar-refractivity contribution in [2.45, 2.75) is 36.2 Å². The number of phenolic OH excluding ortho intramolecular Hbond substituents is 1. The molecule has 0 aliphatic carbocycles. The summed E-state index contributed by atoms with van der Waals surface area (Å²) in [6, 6.07) is 7.23. The molecular weight excluding hydrogens is 348 g/mol. The van der Waals surface area contributed by atoms with Gasteiger partial charge in [0.15, 0.2) is 0 Å². The number of ether oxygens (including phenoxy) is 1. The second-order valence-electron chi connectivity index (χ2n) is 5.79. The van der Waals surface area contributed by atoms with Gasteiger partial charge in [0, 0.05) is 35.1 Å². The molecule has 5 atom stereocenters. The van der Waals surface area contributed by atoms with Crippen molar-refractivity contribution in [1.82, 2.24) is 10.6 Å². The van der Waals surface area contributed by atoms with Gasteiger partial charge in [0.2, 0.25) is 0 Å². The van der Waals surface area contributed by atoms with E-state index in [9.17, 15) is 5.11 Å². The zero-order valence-electron chi connectivity index (χ0n) is 12.0. The van der Waals surface area contributed by atoms with E-state index in [1.807, 2.05) is 0 Å². The standard InChI is InChI=1S/C15H19BrN4O2/c16-14-11-4-10(5-17)22-13(11)7-20-15(14)19-6-8-3-9(18)1-2-12(8)21/h1-3,10-11,13-15,19-21H,4,6-7,18H2. The second-order valence-corrected chi connectivity index (χ2v) is 6.85. The number of aromatic hydroxyl groups is 1. The van der Waals surface area contributed by atoms with Crippen molar-refractivity contribution in [3.63, 3.8) is 0 Å². The van der Waals surface area contributed by atoms with Crippen LogP contribution in [-0.2, 0) is 11.3 Å². The Kier molecular flexibility index (Phi) is 4.54. The van der Waals surface area contributed by atoms with Gasteiger partial charge >= 0.3 is 0 Å². The summed E-state index contributed by atoms with van der Waals surface area (Å²) >= 11 is 3.72. The number of nitrogen functional groups attached to an aromatic ring is 1. The smallest absolute Gasteiger partial charge is 0.144 e. The lowest BCUT2D eigenvalue weighted by molar-refractivity contribution is 0.0417. The fourth-order valence-corrected chi connectivity index (χ4v) is 4.07. The summed E-state index contributed by atoms with van der Waals surface area (Å²) in [5.74, 6) is 0.535. The monoisotopic (exact) mass is 366 g/mol. The number of anilines is 1. The van der Waals surface area contributed by atoms with Crippen LogP contribution in [0.5, 0.6) is 5.75 Å². The summed E-state index contributed by atoms with van der Waals surface area (Å²) in [5.41, 5.74) is 7.15. The van der Waals surface area contributed by atoms with Crippen LogP contribution >= 0.6 is 15.9 Å². The first kappa shape index (κ1) is 15.6. The maximum Gasteiger partial charge on any atom is 0.144 e. The van der Waals surface area contributed by atoms with Crippen LogP contribution in [0.25, 0.3) is 0 Å². The minimum Gasteiger partial charge on any atom is -0.508 e. The summed E-state index contributed by atoms with van der Waals surface area (Å²) < 4.78 is 5.69. The molecule has 5 N–H and O–H groups in total. The van der Waals surface area contributed by atoms with Gasteiger partial charge in [-0.25, -0.2) is 0 Å². The Morgan fingerprint density at radius 2 is 2.36 bits per heavy atom. The van der Waals surface area contributed by atoms with E-state index in [0.29, 0.717) is 24.7 Å².